The molecule has 0 fully saturated rings. The fraction of sp³-hybridized carbons (Fsp3) is 0.150. The molecule has 0 aliphatic rings. The molecule has 0 bridgehead atoms. The van der Waals surface area contributed by atoms with Gasteiger partial charge in [-0.1, -0.05) is 23.4 Å². The lowest BCUT2D eigenvalue weighted by Gasteiger charge is -2.06. The van der Waals surface area contributed by atoms with Gasteiger partial charge in [0.1, 0.15) is 23.6 Å². The largest absolute Gasteiger partial charge is 0.483 e. The van der Waals surface area contributed by atoms with Gasteiger partial charge in [-0.15, -0.1) is 0 Å². The Morgan fingerprint density at radius 1 is 1.11 bits per heavy atom. The van der Waals surface area contributed by atoms with Gasteiger partial charge >= 0.3 is 0 Å². The number of pyridine rings is 1. The van der Waals surface area contributed by atoms with Crippen LogP contribution in [0.2, 0.25) is 0 Å². The van der Waals surface area contributed by atoms with E-state index in [1.807, 2.05) is 42.5 Å². The molecule has 7 nitrogen and oxygen atoms in total. The summed E-state index contributed by atoms with van der Waals surface area (Å²) in [4.78, 5) is 16.5. The molecule has 0 aliphatic carbocycles. The lowest BCUT2D eigenvalue weighted by Crippen LogP contribution is -2.25. The van der Waals surface area contributed by atoms with E-state index in [2.05, 4.69) is 15.5 Å². The van der Waals surface area contributed by atoms with Crippen LogP contribution >= 0.6 is 0 Å². The van der Waals surface area contributed by atoms with Crippen LogP contribution in [0.1, 0.15) is 22.0 Å². The molecule has 0 atom stereocenters. The zero-order valence-corrected chi connectivity index (χ0v) is 14.4. The fourth-order valence-corrected chi connectivity index (χ4v) is 2.67. The molecule has 0 saturated carbocycles. The number of para-hydroxylation sites is 1. The summed E-state index contributed by atoms with van der Waals surface area (Å²) in [6.45, 7) is 0.606. The Hall–Kier alpha value is -3.61. The number of rotatable bonds is 7. The molecule has 1 aromatic carbocycles. The summed E-state index contributed by atoms with van der Waals surface area (Å²) in [7, 11) is 0. The van der Waals surface area contributed by atoms with Crippen molar-refractivity contribution in [3.8, 4) is 5.75 Å². The van der Waals surface area contributed by atoms with Gasteiger partial charge in [0.2, 0.25) is 0 Å². The summed E-state index contributed by atoms with van der Waals surface area (Å²) in [6.07, 6.45) is 3.93. The first kappa shape index (κ1) is 16.8. The second-order valence-corrected chi connectivity index (χ2v) is 5.88. The van der Waals surface area contributed by atoms with Crippen molar-refractivity contribution in [3.63, 3.8) is 0 Å². The predicted octanol–water partition coefficient (Wildman–Crippen LogP) is 3.37. The van der Waals surface area contributed by atoms with E-state index in [0.29, 0.717) is 24.5 Å². The monoisotopic (exact) mass is 363 g/mol. The molecule has 0 unspecified atom stereocenters. The Morgan fingerprint density at radius 3 is 2.93 bits per heavy atom. The number of nitrogens with zero attached hydrogens (tertiary/aromatic N) is 2. The minimum Gasteiger partial charge on any atom is -0.483 e. The average molecular weight is 363 g/mol. The van der Waals surface area contributed by atoms with Gasteiger partial charge in [0.05, 0.1) is 6.26 Å². The van der Waals surface area contributed by atoms with E-state index in [-0.39, 0.29) is 18.2 Å². The van der Waals surface area contributed by atoms with Crippen molar-refractivity contribution in [2.45, 2.75) is 13.0 Å². The predicted molar refractivity (Wildman–Crippen MR) is 97.3 cm³/mol. The highest BCUT2D eigenvalue weighted by atomic mass is 16.5. The summed E-state index contributed by atoms with van der Waals surface area (Å²) in [5.74, 6) is 1.62. The summed E-state index contributed by atoms with van der Waals surface area (Å²) >= 11 is 0. The zero-order chi connectivity index (χ0) is 18.5. The number of ether oxygens (including phenoxy) is 1. The van der Waals surface area contributed by atoms with Gasteiger partial charge in [0.15, 0.2) is 11.5 Å². The standard InChI is InChI=1S/C20H17N3O4/c24-20(22-10-8-15-6-3-11-25-15)17-12-16(27-23-17)13-26-18-7-1-4-14-5-2-9-21-19(14)18/h1-7,9,11-12H,8,10,13H2,(H,22,24). The van der Waals surface area contributed by atoms with Crippen LogP contribution in [-0.2, 0) is 13.0 Å². The number of aromatic nitrogens is 2. The lowest BCUT2D eigenvalue weighted by molar-refractivity contribution is 0.0944. The average Bonchev–Trinajstić information content (AvgIpc) is 3.38. The quantitative estimate of drug-likeness (QED) is 0.541. The third-order valence-corrected chi connectivity index (χ3v) is 3.99. The normalized spacial score (nSPS) is 10.8. The molecule has 1 N–H and O–H groups in total. The number of carbonyl (C=O) groups is 1. The Bertz CT molecular complexity index is 1040. The highest BCUT2D eigenvalue weighted by molar-refractivity contribution is 5.92. The van der Waals surface area contributed by atoms with Crippen LogP contribution in [-0.4, -0.2) is 22.6 Å². The maximum absolute atomic E-state index is 12.1. The van der Waals surface area contributed by atoms with Crippen LogP contribution in [0.3, 0.4) is 0 Å². The van der Waals surface area contributed by atoms with E-state index in [9.17, 15) is 4.79 Å². The number of furan rings is 1. The van der Waals surface area contributed by atoms with Gasteiger partial charge in [0, 0.05) is 30.6 Å². The molecule has 4 rings (SSSR count). The number of hydrogen-bond acceptors (Lipinski definition) is 6. The molecular weight excluding hydrogens is 346 g/mol. The van der Waals surface area contributed by atoms with Crippen LogP contribution in [0.15, 0.2) is 69.9 Å². The van der Waals surface area contributed by atoms with Gasteiger partial charge in [-0.3, -0.25) is 9.78 Å². The second-order valence-electron chi connectivity index (χ2n) is 5.88. The van der Waals surface area contributed by atoms with Crippen molar-refractivity contribution in [3.05, 3.63) is 78.2 Å². The minimum absolute atomic E-state index is 0.155. The van der Waals surface area contributed by atoms with E-state index in [0.717, 1.165) is 16.7 Å². The molecule has 7 heteroatoms. The topological polar surface area (TPSA) is 90.4 Å². The van der Waals surface area contributed by atoms with E-state index in [4.69, 9.17) is 13.7 Å². The smallest absolute Gasteiger partial charge is 0.273 e. The molecule has 0 spiro atoms. The first-order chi connectivity index (χ1) is 13.3. The van der Waals surface area contributed by atoms with E-state index in [1.54, 1.807) is 18.5 Å². The summed E-state index contributed by atoms with van der Waals surface area (Å²) in [5.41, 5.74) is 0.986. The van der Waals surface area contributed by atoms with E-state index in [1.165, 1.54) is 0 Å². The van der Waals surface area contributed by atoms with Gasteiger partial charge in [-0.25, -0.2) is 0 Å². The van der Waals surface area contributed by atoms with Crippen LogP contribution < -0.4 is 10.1 Å². The minimum atomic E-state index is -0.302. The zero-order valence-electron chi connectivity index (χ0n) is 14.4. The Morgan fingerprint density at radius 2 is 2.04 bits per heavy atom. The fourth-order valence-electron chi connectivity index (χ4n) is 2.67. The molecule has 0 radical (unpaired) electrons. The molecule has 0 saturated heterocycles. The van der Waals surface area contributed by atoms with Crippen molar-refractivity contribution in [2.75, 3.05) is 6.54 Å². The van der Waals surface area contributed by atoms with E-state index >= 15 is 0 Å². The van der Waals surface area contributed by atoms with Crippen molar-refractivity contribution in [1.82, 2.24) is 15.5 Å². The van der Waals surface area contributed by atoms with Gasteiger partial charge < -0.3 is 19.0 Å². The lowest BCUT2D eigenvalue weighted by atomic mass is 10.2. The third-order valence-electron chi connectivity index (χ3n) is 3.99. The van der Waals surface area contributed by atoms with Gasteiger partial charge in [-0.2, -0.15) is 0 Å². The summed E-state index contributed by atoms with van der Waals surface area (Å²) in [5, 5.41) is 7.57. The van der Waals surface area contributed by atoms with Gasteiger partial charge in [0.25, 0.3) is 5.91 Å². The molecule has 27 heavy (non-hydrogen) atoms. The number of fused-ring (bicyclic) bond motifs is 1. The maximum Gasteiger partial charge on any atom is 0.273 e. The van der Waals surface area contributed by atoms with Crippen LogP contribution in [0.25, 0.3) is 10.9 Å². The van der Waals surface area contributed by atoms with Crippen molar-refractivity contribution in [1.29, 1.82) is 0 Å². The van der Waals surface area contributed by atoms with Crippen LogP contribution in [0, 0.1) is 0 Å². The molecule has 0 aliphatic heterocycles. The Kier molecular flexibility index (Phi) is 4.82. The molecule has 3 heterocycles. The first-order valence-electron chi connectivity index (χ1n) is 8.52. The number of nitrogens with one attached hydrogen (secondary N) is 1. The molecule has 4 aromatic rings. The Labute approximate surface area is 154 Å². The van der Waals surface area contributed by atoms with Crippen molar-refractivity contribution in [2.24, 2.45) is 0 Å². The number of amides is 1. The molecule has 3 aromatic heterocycles. The molecule has 136 valence electrons. The SMILES string of the molecule is O=C(NCCc1ccco1)c1cc(COc2cccc3cccnc23)on1. The second kappa shape index (κ2) is 7.74. The van der Waals surface area contributed by atoms with E-state index < -0.39 is 0 Å². The molecular formula is C20H17N3O4. The Balaban J connectivity index is 1.34. The van der Waals surface area contributed by atoms with Crippen molar-refractivity contribution >= 4 is 16.8 Å². The molecule has 1 amide bonds. The highest BCUT2D eigenvalue weighted by Crippen LogP contribution is 2.23. The number of benzene rings is 1. The third kappa shape index (κ3) is 3.98. The number of carbonyl (C=O) groups excluding carboxylic acids is 1. The number of hydrogen-bond donors (Lipinski definition) is 1. The van der Waals surface area contributed by atoms with Crippen molar-refractivity contribution < 1.29 is 18.5 Å². The maximum atomic E-state index is 12.1. The summed E-state index contributed by atoms with van der Waals surface area (Å²) in [6, 6.07) is 14.8. The first-order valence-corrected chi connectivity index (χ1v) is 8.52. The van der Waals surface area contributed by atoms with Gasteiger partial charge in [-0.05, 0) is 24.3 Å². The van der Waals surface area contributed by atoms with Crippen LogP contribution in [0.4, 0.5) is 0 Å². The van der Waals surface area contributed by atoms with Crippen LogP contribution in [0.5, 0.6) is 5.75 Å². The summed E-state index contributed by atoms with van der Waals surface area (Å²) < 4.78 is 16.2. The highest BCUT2D eigenvalue weighted by Gasteiger charge is 2.13.